The molecule has 2 saturated heterocycles. The average molecular weight is 527 g/mol. The van der Waals surface area contributed by atoms with Gasteiger partial charge in [0.05, 0.1) is 24.0 Å². The molecule has 3 aromatic rings. The number of imide groups is 1. The van der Waals surface area contributed by atoms with Gasteiger partial charge in [-0.1, -0.05) is 43.7 Å². The number of amides is 2. The highest BCUT2D eigenvalue weighted by Crippen LogP contribution is 2.48. The summed E-state index contributed by atoms with van der Waals surface area (Å²) in [5.41, 5.74) is 1.49. The highest BCUT2D eigenvalue weighted by molar-refractivity contribution is 6.23. The van der Waals surface area contributed by atoms with Crippen molar-refractivity contribution < 1.29 is 37.1 Å². The van der Waals surface area contributed by atoms with Gasteiger partial charge in [-0.05, 0) is 60.5 Å². The van der Waals surface area contributed by atoms with Gasteiger partial charge in [0.1, 0.15) is 17.4 Å². The number of hydrogen-bond donors (Lipinski definition) is 0. The maximum atomic E-state index is 13.7. The van der Waals surface area contributed by atoms with Crippen molar-refractivity contribution in [1.82, 2.24) is 0 Å². The zero-order chi connectivity index (χ0) is 26.9. The first-order chi connectivity index (χ1) is 18.3. The summed E-state index contributed by atoms with van der Waals surface area (Å²) in [4.78, 5) is 34.3. The van der Waals surface area contributed by atoms with Gasteiger partial charge in [0.2, 0.25) is 5.91 Å². The molecule has 3 aromatic carbocycles. The molecule has 5 rings (SSSR count). The first kappa shape index (κ1) is 25.6. The van der Waals surface area contributed by atoms with Crippen LogP contribution in [0.25, 0.3) is 0 Å². The molecule has 3 atom stereocenters. The Labute approximate surface area is 217 Å². The van der Waals surface area contributed by atoms with Crippen LogP contribution in [0.1, 0.15) is 31.4 Å². The van der Waals surface area contributed by atoms with Gasteiger partial charge in [-0.15, -0.1) is 13.2 Å². The second-order valence-electron chi connectivity index (χ2n) is 8.98. The van der Waals surface area contributed by atoms with Crippen LogP contribution in [0.2, 0.25) is 0 Å². The van der Waals surface area contributed by atoms with Crippen LogP contribution < -0.4 is 19.4 Å². The van der Waals surface area contributed by atoms with Crippen LogP contribution in [0.3, 0.4) is 0 Å². The Morgan fingerprint density at radius 1 is 0.842 bits per heavy atom. The number of unbranched alkanes of at least 4 members (excludes halogenated alkanes) is 1. The van der Waals surface area contributed by atoms with E-state index in [1.165, 1.54) is 29.3 Å². The van der Waals surface area contributed by atoms with Gasteiger partial charge in [0, 0.05) is 0 Å². The maximum absolute atomic E-state index is 13.7. The summed E-state index contributed by atoms with van der Waals surface area (Å²) in [6, 6.07) is 20.1. The number of carbonyl (C=O) groups excluding carboxylic acids is 2. The predicted molar refractivity (Wildman–Crippen MR) is 132 cm³/mol. The molecule has 2 aliphatic heterocycles. The predicted octanol–water partition coefficient (Wildman–Crippen LogP) is 5.82. The average Bonchev–Trinajstić information content (AvgIpc) is 3.41. The molecule has 2 heterocycles. The van der Waals surface area contributed by atoms with Crippen molar-refractivity contribution in [2.45, 2.75) is 38.3 Å². The molecule has 38 heavy (non-hydrogen) atoms. The van der Waals surface area contributed by atoms with E-state index < -0.39 is 36.2 Å². The van der Waals surface area contributed by atoms with E-state index in [1.54, 1.807) is 48.5 Å². The molecule has 7 nitrogen and oxygen atoms in total. The zero-order valence-corrected chi connectivity index (χ0v) is 20.4. The Kier molecular flexibility index (Phi) is 6.98. The van der Waals surface area contributed by atoms with Crippen molar-refractivity contribution >= 4 is 23.2 Å². The van der Waals surface area contributed by atoms with Gasteiger partial charge < -0.3 is 9.47 Å². The summed E-state index contributed by atoms with van der Waals surface area (Å²) >= 11 is 0. The van der Waals surface area contributed by atoms with E-state index in [2.05, 4.69) is 11.7 Å². The second kappa shape index (κ2) is 10.4. The number of carbonyl (C=O) groups is 2. The largest absolute Gasteiger partial charge is 0.573 e. The molecule has 2 amide bonds. The molecular weight excluding hydrogens is 501 g/mol. The highest BCUT2D eigenvalue weighted by atomic mass is 19.4. The third-order valence-electron chi connectivity index (χ3n) is 6.44. The fourth-order valence-electron chi connectivity index (χ4n) is 4.70. The smallest absolute Gasteiger partial charge is 0.494 e. The van der Waals surface area contributed by atoms with Crippen molar-refractivity contribution in [2.75, 3.05) is 16.6 Å². The van der Waals surface area contributed by atoms with E-state index in [9.17, 15) is 22.8 Å². The topological polar surface area (TPSA) is 68.3 Å². The zero-order valence-electron chi connectivity index (χ0n) is 20.4. The van der Waals surface area contributed by atoms with Gasteiger partial charge in [-0.3, -0.25) is 14.4 Å². The van der Waals surface area contributed by atoms with Crippen LogP contribution >= 0.6 is 0 Å². The number of alkyl halides is 3. The number of rotatable bonds is 8. The fraction of sp³-hybridized carbons (Fsp3) is 0.286. The van der Waals surface area contributed by atoms with Gasteiger partial charge in [-0.25, -0.2) is 9.96 Å². The molecule has 0 aliphatic carbocycles. The third-order valence-corrected chi connectivity index (χ3v) is 6.44. The molecule has 0 bridgehead atoms. The molecule has 0 spiro atoms. The lowest BCUT2D eigenvalue weighted by Crippen LogP contribution is -2.37. The van der Waals surface area contributed by atoms with Crippen LogP contribution in [0.4, 0.5) is 24.5 Å². The number of hydroxylamine groups is 1. The van der Waals surface area contributed by atoms with Crippen molar-refractivity contribution in [3.05, 3.63) is 84.4 Å². The molecular formula is C28H25F3N2O5. The number of anilines is 2. The number of halogens is 3. The van der Waals surface area contributed by atoms with Crippen molar-refractivity contribution in [3.8, 4) is 11.5 Å². The first-order valence-electron chi connectivity index (χ1n) is 12.2. The van der Waals surface area contributed by atoms with Gasteiger partial charge >= 0.3 is 6.36 Å². The molecule has 0 saturated carbocycles. The Bertz CT molecular complexity index is 1280. The molecule has 0 radical (unpaired) electrons. The number of nitrogens with zero attached hydrogens (tertiary/aromatic N) is 2. The second-order valence-corrected chi connectivity index (χ2v) is 8.98. The fourth-order valence-corrected chi connectivity index (χ4v) is 4.70. The molecule has 0 aromatic heterocycles. The summed E-state index contributed by atoms with van der Waals surface area (Å²) in [6.07, 6.45) is -4.02. The van der Waals surface area contributed by atoms with E-state index in [-0.39, 0.29) is 5.75 Å². The Hall–Kier alpha value is -4.05. The summed E-state index contributed by atoms with van der Waals surface area (Å²) in [6.45, 7) is 2.63. The minimum atomic E-state index is -4.83. The van der Waals surface area contributed by atoms with Crippen molar-refractivity contribution in [1.29, 1.82) is 0 Å². The summed E-state index contributed by atoms with van der Waals surface area (Å²) < 4.78 is 47.6. The van der Waals surface area contributed by atoms with E-state index in [4.69, 9.17) is 9.57 Å². The quantitative estimate of drug-likeness (QED) is 0.272. The van der Waals surface area contributed by atoms with E-state index in [0.29, 0.717) is 29.3 Å². The molecule has 2 fully saturated rings. The minimum Gasteiger partial charge on any atom is -0.494 e. The number of ether oxygens (including phenoxy) is 2. The van der Waals surface area contributed by atoms with Crippen LogP contribution in [0.15, 0.2) is 78.9 Å². The van der Waals surface area contributed by atoms with Crippen molar-refractivity contribution in [3.63, 3.8) is 0 Å². The lowest BCUT2D eigenvalue weighted by atomic mass is 9.90. The van der Waals surface area contributed by atoms with Crippen LogP contribution in [-0.4, -0.2) is 30.9 Å². The number of benzene rings is 3. The molecule has 198 valence electrons. The molecule has 0 unspecified atom stereocenters. The van der Waals surface area contributed by atoms with Crippen LogP contribution in [-0.2, 0) is 14.4 Å². The van der Waals surface area contributed by atoms with Gasteiger partial charge in [-0.2, -0.15) is 0 Å². The van der Waals surface area contributed by atoms with Crippen molar-refractivity contribution in [2.24, 2.45) is 5.92 Å². The molecule has 2 aliphatic rings. The highest BCUT2D eigenvalue weighted by Gasteiger charge is 2.60. The summed E-state index contributed by atoms with van der Waals surface area (Å²) in [5.74, 6) is -1.65. The number of para-hydroxylation sites is 1. The van der Waals surface area contributed by atoms with Gasteiger partial charge in [0.25, 0.3) is 5.91 Å². The van der Waals surface area contributed by atoms with Crippen LogP contribution in [0, 0.1) is 5.92 Å². The van der Waals surface area contributed by atoms with Gasteiger partial charge in [0.15, 0.2) is 6.10 Å². The number of fused-ring (bicyclic) bond motifs is 1. The maximum Gasteiger partial charge on any atom is 0.573 e. The Morgan fingerprint density at radius 2 is 1.50 bits per heavy atom. The van der Waals surface area contributed by atoms with E-state index in [0.717, 1.165) is 17.7 Å². The summed E-state index contributed by atoms with van der Waals surface area (Å²) in [7, 11) is 0. The lowest BCUT2D eigenvalue weighted by Gasteiger charge is -2.29. The third kappa shape index (κ3) is 5.04. The normalized spacial score (nSPS) is 21.1. The summed E-state index contributed by atoms with van der Waals surface area (Å²) in [5, 5.41) is 1.48. The first-order valence-corrected chi connectivity index (χ1v) is 12.2. The standard InChI is InChI=1S/C28H25F3N2O5/c1-2-3-17-36-21-15-11-19(12-16-21)32-26(34)23-24(18-9-13-22(14-10-18)37-28(29,30)31)33(38-25(23)27(32)35)20-7-5-4-6-8-20/h4-16,23-25H,2-3,17H2,1H3/t23-,24-,25-/m0/s1. The van der Waals surface area contributed by atoms with Crippen LogP contribution in [0.5, 0.6) is 11.5 Å². The number of hydrogen-bond acceptors (Lipinski definition) is 6. The molecule has 0 N–H and O–H groups in total. The Morgan fingerprint density at radius 3 is 2.13 bits per heavy atom. The van der Waals surface area contributed by atoms with E-state index >= 15 is 0 Å². The monoisotopic (exact) mass is 526 g/mol. The minimum absolute atomic E-state index is 0.389. The SMILES string of the molecule is CCCCOc1ccc(N2C(=O)[C@@H]3[C@H](ON(c4ccccc4)[C@H]3c3ccc(OC(F)(F)F)cc3)C2=O)cc1. The Balaban J connectivity index is 1.45. The molecule has 10 heteroatoms. The lowest BCUT2D eigenvalue weighted by molar-refractivity contribution is -0.274. The van der Waals surface area contributed by atoms with E-state index in [1.807, 2.05) is 6.07 Å².